The molecule has 2 aromatic rings. The summed E-state index contributed by atoms with van der Waals surface area (Å²) < 4.78 is 0. The molecule has 148 valence electrons. The Labute approximate surface area is 168 Å². The van der Waals surface area contributed by atoms with Crippen LogP contribution in [-0.4, -0.2) is 64.0 Å². The van der Waals surface area contributed by atoms with Gasteiger partial charge in [0.25, 0.3) is 5.91 Å². The number of piperidine rings is 2. The summed E-state index contributed by atoms with van der Waals surface area (Å²) in [5.41, 5.74) is 0.435. The molecule has 0 aliphatic carbocycles. The van der Waals surface area contributed by atoms with Crippen LogP contribution in [0.15, 0.2) is 42.0 Å². The van der Waals surface area contributed by atoms with Gasteiger partial charge < -0.3 is 14.9 Å². The molecule has 7 heteroatoms. The Hall–Kier alpha value is -2.25. The first-order valence-electron chi connectivity index (χ1n) is 9.72. The fraction of sp³-hybridized carbons (Fsp3) is 0.476. The van der Waals surface area contributed by atoms with E-state index in [0.717, 1.165) is 17.7 Å². The van der Waals surface area contributed by atoms with Crippen LogP contribution < -0.4 is 0 Å². The van der Waals surface area contributed by atoms with Crippen LogP contribution in [0.1, 0.15) is 34.5 Å². The highest BCUT2D eigenvalue weighted by atomic mass is 32.1. The SMILES string of the molecule is O=C(Cc1cccs1)N1CCC2(CC1)CC(O)CN(C(=O)c1cccnc1)C2. The maximum Gasteiger partial charge on any atom is 0.255 e. The molecule has 0 aromatic carbocycles. The maximum absolute atomic E-state index is 12.8. The number of aliphatic hydroxyl groups excluding tert-OH is 1. The number of hydrogen-bond donors (Lipinski definition) is 1. The van der Waals surface area contributed by atoms with Crippen molar-refractivity contribution in [1.82, 2.24) is 14.8 Å². The number of rotatable bonds is 3. The second-order valence-corrected chi connectivity index (χ2v) is 8.95. The van der Waals surface area contributed by atoms with Crippen LogP contribution in [0.3, 0.4) is 0 Å². The minimum Gasteiger partial charge on any atom is -0.391 e. The summed E-state index contributed by atoms with van der Waals surface area (Å²) in [6.45, 7) is 2.36. The molecular weight excluding hydrogens is 374 g/mol. The van der Waals surface area contributed by atoms with E-state index in [1.54, 1.807) is 40.8 Å². The first-order chi connectivity index (χ1) is 13.5. The molecule has 4 heterocycles. The largest absolute Gasteiger partial charge is 0.391 e. The molecule has 4 rings (SSSR count). The van der Waals surface area contributed by atoms with E-state index in [4.69, 9.17) is 0 Å². The van der Waals surface area contributed by atoms with Gasteiger partial charge in [-0.2, -0.15) is 0 Å². The summed E-state index contributed by atoms with van der Waals surface area (Å²) in [5, 5.41) is 12.4. The van der Waals surface area contributed by atoms with Gasteiger partial charge in [0.2, 0.25) is 5.91 Å². The highest BCUT2D eigenvalue weighted by Gasteiger charge is 2.43. The lowest BCUT2D eigenvalue weighted by molar-refractivity contribution is -0.134. The summed E-state index contributed by atoms with van der Waals surface area (Å²) in [7, 11) is 0. The first kappa shape index (κ1) is 19.1. The van der Waals surface area contributed by atoms with Crippen LogP contribution >= 0.6 is 11.3 Å². The first-order valence-corrected chi connectivity index (χ1v) is 10.6. The van der Waals surface area contributed by atoms with E-state index in [1.807, 2.05) is 22.4 Å². The third-order valence-electron chi connectivity index (χ3n) is 5.90. The molecule has 2 amide bonds. The number of thiophene rings is 1. The fourth-order valence-electron chi connectivity index (χ4n) is 4.45. The average Bonchev–Trinajstić information content (AvgIpc) is 3.21. The van der Waals surface area contributed by atoms with E-state index >= 15 is 0 Å². The van der Waals surface area contributed by atoms with Gasteiger partial charge in [-0.1, -0.05) is 6.07 Å². The fourth-order valence-corrected chi connectivity index (χ4v) is 5.14. The Bertz CT molecular complexity index is 817. The van der Waals surface area contributed by atoms with Gasteiger partial charge in [0.15, 0.2) is 0 Å². The molecule has 2 aromatic heterocycles. The van der Waals surface area contributed by atoms with Crippen molar-refractivity contribution >= 4 is 23.2 Å². The second-order valence-electron chi connectivity index (χ2n) is 7.92. The van der Waals surface area contributed by atoms with Crippen molar-refractivity contribution in [2.75, 3.05) is 26.2 Å². The van der Waals surface area contributed by atoms with Crippen molar-refractivity contribution in [2.45, 2.75) is 31.8 Å². The number of β-amino-alcohol motifs (C(OH)–C–C–N with tert-alkyl or cyclic N) is 1. The number of likely N-dealkylation sites (tertiary alicyclic amines) is 2. The molecule has 2 saturated heterocycles. The molecule has 2 fully saturated rings. The molecule has 1 spiro atoms. The van der Waals surface area contributed by atoms with Crippen molar-refractivity contribution in [2.24, 2.45) is 5.41 Å². The lowest BCUT2D eigenvalue weighted by atomic mass is 9.71. The molecule has 0 bridgehead atoms. The summed E-state index contributed by atoms with van der Waals surface area (Å²) in [4.78, 5) is 34.2. The van der Waals surface area contributed by atoms with E-state index in [9.17, 15) is 14.7 Å². The Morgan fingerprint density at radius 3 is 2.71 bits per heavy atom. The summed E-state index contributed by atoms with van der Waals surface area (Å²) in [6, 6.07) is 7.47. The third-order valence-corrected chi connectivity index (χ3v) is 6.78. The van der Waals surface area contributed by atoms with Crippen LogP contribution in [0.5, 0.6) is 0 Å². The smallest absolute Gasteiger partial charge is 0.255 e. The van der Waals surface area contributed by atoms with Gasteiger partial charge in [0, 0.05) is 43.4 Å². The van der Waals surface area contributed by atoms with Crippen molar-refractivity contribution in [1.29, 1.82) is 0 Å². The number of amides is 2. The molecule has 0 radical (unpaired) electrons. The molecule has 1 atom stereocenters. The summed E-state index contributed by atoms with van der Waals surface area (Å²) in [5.74, 6) is 0.0828. The highest BCUT2D eigenvalue weighted by Crippen LogP contribution is 2.40. The lowest BCUT2D eigenvalue weighted by Gasteiger charge is -2.49. The lowest BCUT2D eigenvalue weighted by Crippen LogP contribution is -2.56. The van der Waals surface area contributed by atoms with E-state index in [-0.39, 0.29) is 17.2 Å². The van der Waals surface area contributed by atoms with Crippen molar-refractivity contribution in [3.8, 4) is 0 Å². The zero-order valence-corrected chi connectivity index (χ0v) is 16.6. The summed E-state index contributed by atoms with van der Waals surface area (Å²) in [6.07, 6.45) is 5.47. The van der Waals surface area contributed by atoms with Crippen LogP contribution in [-0.2, 0) is 11.2 Å². The van der Waals surface area contributed by atoms with Gasteiger partial charge in [-0.15, -0.1) is 11.3 Å². The van der Waals surface area contributed by atoms with Crippen LogP contribution in [0.4, 0.5) is 0 Å². The van der Waals surface area contributed by atoms with Crippen molar-refractivity contribution in [3.63, 3.8) is 0 Å². The predicted molar refractivity (Wildman–Crippen MR) is 107 cm³/mol. The number of hydrogen-bond acceptors (Lipinski definition) is 5. The van der Waals surface area contributed by atoms with Gasteiger partial charge in [-0.3, -0.25) is 14.6 Å². The third kappa shape index (κ3) is 4.10. The van der Waals surface area contributed by atoms with E-state index in [2.05, 4.69) is 4.98 Å². The number of pyridine rings is 1. The zero-order chi connectivity index (χ0) is 19.6. The zero-order valence-electron chi connectivity index (χ0n) is 15.8. The van der Waals surface area contributed by atoms with Crippen molar-refractivity contribution < 1.29 is 14.7 Å². The average molecular weight is 400 g/mol. The Kier molecular flexibility index (Phi) is 5.46. The Morgan fingerprint density at radius 1 is 1.21 bits per heavy atom. The predicted octanol–water partition coefficient (Wildman–Crippen LogP) is 2.20. The number of nitrogens with zero attached hydrogens (tertiary/aromatic N) is 3. The Morgan fingerprint density at radius 2 is 2.04 bits per heavy atom. The number of carbonyl (C=O) groups is 2. The van der Waals surface area contributed by atoms with Gasteiger partial charge in [-0.25, -0.2) is 0 Å². The normalized spacial score (nSPS) is 21.7. The van der Waals surface area contributed by atoms with Gasteiger partial charge in [0.1, 0.15) is 0 Å². The number of carbonyl (C=O) groups excluding carboxylic acids is 2. The molecule has 6 nitrogen and oxygen atoms in total. The van der Waals surface area contributed by atoms with Gasteiger partial charge in [0.05, 0.1) is 18.1 Å². The van der Waals surface area contributed by atoms with E-state index in [1.165, 1.54) is 0 Å². The summed E-state index contributed by atoms with van der Waals surface area (Å²) >= 11 is 1.61. The molecule has 1 N–H and O–H groups in total. The minimum atomic E-state index is -0.525. The van der Waals surface area contributed by atoms with Crippen LogP contribution in [0, 0.1) is 5.41 Å². The minimum absolute atomic E-state index is 0.0811. The quantitative estimate of drug-likeness (QED) is 0.859. The number of aliphatic hydroxyl groups is 1. The molecule has 2 aliphatic rings. The topological polar surface area (TPSA) is 73.7 Å². The molecule has 2 aliphatic heterocycles. The standard InChI is InChI=1S/C21H25N3O3S/c25-17-12-21(15-24(14-17)20(27)16-3-1-7-22-13-16)5-8-23(9-6-21)19(26)11-18-4-2-10-28-18/h1-4,7,10,13,17,25H,5-6,8-9,11-12,14-15H2. The molecule has 1 unspecified atom stereocenters. The van der Waals surface area contributed by atoms with Crippen LogP contribution in [0.25, 0.3) is 0 Å². The number of aromatic nitrogens is 1. The van der Waals surface area contributed by atoms with Gasteiger partial charge in [-0.05, 0) is 48.3 Å². The molecule has 0 saturated carbocycles. The van der Waals surface area contributed by atoms with Gasteiger partial charge >= 0.3 is 0 Å². The molecule has 28 heavy (non-hydrogen) atoms. The highest BCUT2D eigenvalue weighted by molar-refractivity contribution is 7.10. The van der Waals surface area contributed by atoms with E-state index < -0.39 is 6.10 Å². The second kappa shape index (κ2) is 8.01. The van der Waals surface area contributed by atoms with E-state index in [0.29, 0.717) is 44.6 Å². The monoisotopic (exact) mass is 399 g/mol. The maximum atomic E-state index is 12.8. The Balaban J connectivity index is 1.39. The van der Waals surface area contributed by atoms with Crippen LogP contribution in [0.2, 0.25) is 0 Å². The van der Waals surface area contributed by atoms with Crippen molar-refractivity contribution in [3.05, 3.63) is 52.5 Å². The molecular formula is C21H25N3O3S.